The molecule has 41 heavy (non-hydrogen) atoms. The summed E-state index contributed by atoms with van der Waals surface area (Å²) in [5.41, 5.74) is 7.68. The molecule has 0 amide bonds. The number of hydrogen-bond donors (Lipinski definition) is 0. The molecule has 0 spiro atoms. The van der Waals surface area contributed by atoms with Gasteiger partial charge in [-0.05, 0) is 58.7 Å². The Hall–Kier alpha value is -4.18. The van der Waals surface area contributed by atoms with E-state index in [-0.39, 0.29) is 11.8 Å². The van der Waals surface area contributed by atoms with Crippen LogP contribution in [0, 0.1) is 0 Å². The SMILES string of the molecule is c1ccc(C2c3ccccc3Sc3cccc(Oc4cccc5c4C(c4ccccc4)c4ccccc4S5)c32)cc1. The Morgan fingerprint density at radius 3 is 1.22 bits per heavy atom. The van der Waals surface area contributed by atoms with Gasteiger partial charge in [0.25, 0.3) is 0 Å². The molecule has 0 aliphatic carbocycles. The van der Waals surface area contributed by atoms with Crippen LogP contribution in [0.4, 0.5) is 0 Å². The van der Waals surface area contributed by atoms with E-state index in [0.717, 1.165) is 11.5 Å². The first-order valence-electron chi connectivity index (χ1n) is 13.9. The molecule has 0 saturated carbocycles. The first-order valence-corrected chi connectivity index (χ1v) is 15.6. The van der Waals surface area contributed by atoms with Crippen molar-refractivity contribution in [2.24, 2.45) is 0 Å². The maximum absolute atomic E-state index is 7.08. The lowest BCUT2D eigenvalue weighted by molar-refractivity contribution is 0.463. The maximum Gasteiger partial charge on any atom is 0.132 e. The van der Waals surface area contributed by atoms with Crippen molar-refractivity contribution < 1.29 is 4.74 Å². The molecule has 2 heterocycles. The molecule has 0 fully saturated rings. The quantitative estimate of drug-likeness (QED) is 0.211. The average molecular weight is 563 g/mol. The molecule has 1 nitrogen and oxygen atoms in total. The fourth-order valence-electron chi connectivity index (χ4n) is 6.25. The number of ether oxygens (including phenoxy) is 1. The third kappa shape index (κ3) is 4.28. The standard InChI is InChI=1S/C38H26OS2/c1-3-13-25(14-4-1)35-27-17-7-9-21-31(27)40-33-23-11-19-29(37(33)35)39-30-20-12-24-34-38(30)36(26-15-5-2-6-16-26)28-18-8-10-22-32(28)41-34/h1-24,35-36H. The van der Waals surface area contributed by atoms with Crippen molar-refractivity contribution in [2.75, 3.05) is 0 Å². The van der Waals surface area contributed by atoms with Gasteiger partial charge in [0, 0.05) is 42.5 Å². The minimum Gasteiger partial charge on any atom is -0.457 e. The van der Waals surface area contributed by atoms with Crippen LogP contribution in [0.25, 0.3) is 0 Å². The van der Waals surface area contributed by atoms with Crippen molar-refractivity contribution in [3.8, 4) is 11.5 Å². The molecule has 2 aliphatic heterocycles. The molecule has 3 heteroatoms. The number of rotatable bonds is 4. The summed E-state index contributed by atoms with van der Waals surface area (Å²) in [5, 5.41) is 0. The van der Waals surface area contributed by atoms with Crippen LogP contribution >= 0.6 is 23.5 Å². The Kier molecular flexibility index (Phi) is 6.20. The zero-order chi connectivity index (χ0) is 27.2. The fraction of sp³-hybridized carbons (Fsp3) is 0.0526. The van der Waals surface area contributed by atoms with Crippen LogP contribution < -0.4 is 4.74 Å². The van der Waals surface area contributed by atoms with E-state index in [0.29, 0.717) is 0 Å². The third-order valence-corrected chi connectivity index (χ3v) is 10.4. The number of benzene rings is 6. The van der Waals surface area contributed by atoms with Crippen molar-refractivity contribution in [3.63, 3.8) is 0 Å². The van der Waals surface area contributed by atoms with E-state index in [2.05, 4.69) is 146 Å². The van der Waals surface area contributed by atoms with E-state index in [9.17, 15) is 0 Å². The van der Waals surface area contributed by atoms with E-state index in [1.807, 2.05) is 23.5 Å². The van der Waals surface area contributed by atoms with Crippen molar-refractivity contribution >= 4 is 23.5 Å². The van der Waals surface area contributed by atoms with Gasteiger partial charge in [-0.3, -0.25) is 0 Å². The Morgan fingerprint density at radius 2 is 0.756 bits per heavy atom. The fourth-order valence-corrected chi connectivity index (χ4v) is 8.57. The molecule has 2 aliphatic rings. The lowest BCUT2D eigenvalue weighted by atomic mass is 9.83. The summed E-state index contributed by atoms with van der Waals surface area (Å²) in [6.07, 6.45) is 0. The van der Waals surface area contributed by atoms with Crippen molar-refractivity contribution in [1.82, 2.24) is 0 Å². The minimum absolute atomic E-state index is 0.0967. The van der Waals surface area contributed by atoms with Crippen LogP contribution in [-0.4, -0.2) is 0 Å². The van der Waals surface area contributed by atoms with E-state index in [1.54, 1.807) is 0 Å². The van der Waals surface area contributed by atoms with Crippen molar-refractivity contribution in [1.29, 1.82) is 0 Å². The maximum atomic E-state index is 7.08. The van der Waals surface area contributed by atoms with Gasteiger partial charge >= 0.3 is 0 Å². The molecule has 0 radical (unpaired) electrons. The third-order valence-electron chi connectivity index (χ3n) is 8.02. The zero-order valence-corrected chi connectivity index (χ0v) is 23.9. The second kappa shape index (κ2) is 10.3. The average Bonchev–Trinajstić information content (AvgIpc) is 3.03. The summed E-state index contributed by atoms with van der Waals surface area (Å²) < 4.78 is 7.08. The van der Waals surface area contributed by atoms with Gasteiger partial charge in [0.1, 0.15) is 11.5 Å². The Labute approximate surface area is 249 Å². The van der Waals surface area contributed by atoms with E-state index in [1.165, 1.54) is 53.0 Å². The molecule has 196 valence electrons. The van der Waals surface area contributed by atoms with Gasteiger partial charge in [-0.1, -0.05) is 133 Å². The summed E-state index contributed by atoms with van der Waals surface area (Å²) in [4.78, 5) is 5.11. The Morgan fingerprint density at radius 1 is 0.366 bits per heavy atom. The molecule has 0 saturated heterocycles. The molecular weight excluding hydrogens is 537 g/mol. The summed E-state index contributed by atoms with van der Waals surface area (Å²) in [7, 11) is 0. The second-order valence-corrected chi connectivity index (χ2v) is 12.6. The largest absolute Gasteiger partial charge is 0.457 e. The smallest absolute Gasteiger partial charge is 0.132 e. The molecular formula is C38H26OS2. The van der Waals surface area contributed by atoms with Gasteiger partial charge in [-0.2, -0.15) is 0 Å². The Bertz CT molecular complexity index is 1740. The highest BCUT2D eigenvalue weighted by molar-refractivity contribution is 7.99. The van der Waals surface area contributed by atoms with E-state index < -0.39 is 0 Å². The predicted molar refractivity (Wildman–Crippen MR) is 169 cm³/mol. The lowest BCUT2D eigenvalue weighted by Gasteiger charge is -2.32. The van der Waals surface area contributed by atoms with Gasteiger partial charge in [0.2, 0.25) is 0 Å². The van der Waals surface area contributed by atoms with Gasteiger partial charge in [-0.25, -0.2) is 0 Å². The highest BCUT2D eigenvalue weighted by Gasteiger charge is 2.33. The Balaban J connectivity index is 1.30. The summed E-state index contributed by atoms with van der Waals surface area (Å²) in [6.45, 7) is 0. The molecule has 0 N–H and O–H groups in total. The normalized spacial score (nSPS) is 16.6. The molecule has 2 atom stereocenters. The second-order valence-electron chi connectivity index (χ2n) is 10.4. The van der Waals surface area contributed by atoms with Crippen molar-refractivity contribution in [2.45, 2.75) is 31.4 Å². The van der Waals surface area contributed by atoms with Crippen LogP contribution in [0.2, 0.25) is 0 Å². The van der Waals surface area contributed by atoms with Crippen LogP contribution in [0.3, 0.4) is 0 Å². The van der Waals surface area contributed by atoms with E-state index >= 15 is 0 Å². The number of fused-ring (bicyclic) bond motifs is 4. The highest BCUT2D eigenvalue weighted by Crippen LogP contribution is 2.55. The molecule has 6 aromatic rings. The molecule has 0 bridgehead atoms. The molecule has 6 aromatic carbocycles. The molecule has 2 unspecified atom stereocenters. The zero-order valence-electron chi connectivity index (χ0n) is 22.2. The highest BCUT2D eigenvalue weighted by atomic mass is 32.2. The van der Waals surface area contributed by atoms with Crippen LogP contribution in [0.1, 0.15) is 45.2 Å². The molecule has 8 rings (SSSR count). The lowest BCUT2D eigenvalue weighted by Crippen LogP contribution is -2.13. The summed E-state index contributed by atoms with van der Waals surface area (Å²) >= 11 is 3.68. The summed E-state index contributed by atoms with van der Waals surface area (Å²) in [5.74, 6) is 2.03. The van der Waals surface area contributed by atoms with Crippen LogP contribution in [0.5, 0.6) is 11.5 Å². The van der Waals surface area contributed by atoms with Gasteiger partial charge in [-0.15, -0.1) is 0 Å². The van der Waals surface area contributed by atoms with Crippen LogP contribution in [-0.2, 0) is 0 Å². The van der Waals surface area contributed by atoms with Gasteiger partial charge < -0.3 is 4.74 Å². The topological polar surface area (TPSA) is 9.23 Å². The predicted octanol–water partition coefficient (Wildman–Crippen LogP) is 10.8. The monoisotopic (exact) mass is 562 g/mol. The first kappa shape index (κ1) is 24.6. The number of hydrogen-bond acceptors (Lipinski definition) is 3. The van der Waals surface area contributed by atoms with Gasteiger partial charge in [0.05, 0.1) is 0 Å². The van der Waals surface area contributed by atoms with E-state index in [4.69, 9.17) is 4.74 Å². The van der Waals surface area contributed by atoms with Gasteiger partial charge in [0.15, 0.2) is 0 Å². The van der Waals surface area contributed by atoms with Crippen molar-refractivity contribution in [3.05, 3.63) is 179 Å². The van der Waals surface area contributed by atoms with Crippen LogP contribution in [0.15, 0.2) is 165 Å². The minimum atomic E-state index is 0.0967. The summed E-state index contributed by atoms with van der Waals surface area (Å²) in [6, 6.07) is 52.3. The molecule has 0 aromatic heterocycles. The first-order chi connectivity index (χ1) is 20.3.